The van der Waals surface area contributed by atoms with Crippen molar-refractivity contribution in [2.45, 2.75) is 5.09 Å². The van der Waals surface area contributed by atoms with Gasteiger partial charge in [-0.1, -0.05) is 6.07 Å². The predicted octanol–water partition coefficient (Wildman–Crippen LogP) is 1.31. The number of nitrogens with one attached hydrogen (secondary N) is 2. The van der Waals surface area contributed by atoms with Crippen molar-refractivity contribution in [3.05, 3.63) is 47.7 Å². The lowest BCUT2D eigenvalue weighted by atomic mass is 10.2. The van der Waals surface area contributed by atoms with Crippen LogP contribution in [0.25, 0.3) is 0 Å². The summed E-state index contributed by atoms with van der Waals surface area (Å²) in [6.45, 7) is 0. The lowest BCUT2D eigenvalue weighted by Crippen LogP contribution is -2.18. The maximum Gasteiger partial charge on any atom is 0.291 e. The first-order chi connectivity index (χ1) is 9.96. The first kappa shape index (κ1) is 14.8. The van der Waals surface area contributed by atoms with Gasteiger partial charge in [0, 0.05) is 5.69 Å². The van der Waals surface area contributed by atoms with Gasteiger partial charge in [-0.3, -0.25) is 4.79 Å². The number of carbonyl (C=O) groups excluding carboxylic acids is 1. The summed E-state index contributed by atoms with van der Waals surface area (Å²) >= 11 is 0. The Morgan fingerprint density at radius 2 is 2.05 bits per heavy atom. The predicted molar refractivity (Wildman–Crippen MR) is 74.1 cm³/mol. The normalized spacial score (nSPS) is 10.9. The Bertz CT molecular complexity index is 818. The third-order valence-electron chi connectivity index (χ3n) is 2.59. The van der Waals surface area contributed by atoms with Crippen molar-refractivity contribution in [3.8, 4) is 6.07 Å². The number of furan rings is 1. The number of sulfonamides is 1. The zero-order chi connectivity index (χ0) is 15.5. The van der Waals surface area contributed by atoms with Crippen molar-refractivity contribution in [3.63, 3.8) is 0 Å². The second kappa shape index (κ2) is 5.78. The molecule has 1 aromatic carbocycles. The number of anilines is 1. The van der Waals surface area contributed by atoms with Crippen LogP contribution < -0.4 is 10.0 Å². The Hall–Kier alpha value is -2.63. The van der Waals surface area contributed by atoms with E-state index in [-0.39, 0.29) is 10.9 Å². The van der Waals surface area contributed by atoms with E-state index in [4.69, 9.17) is 9.68 Å². The molecule has 0 fully saturated rings. The van der Waals surface area contributed by atoms with Crippen molar-refractivity contribution in [1.29, 1.82) is 5.26 Å². The van der Waals surface area contributed by atoms with Crippen LogP contribution in [0.2, 0.25) is 0 Å². The van der Waals surface area contributed by atoms with E-state index in [0.29, 0.717) is 11.3 Å². The summed E-state index contributed by atoms with van der Waals surface area (Å²) in [5.74, 6) is -0.756. The van der Waals surface area contributed by atoms with Gasteiger partial charge in [0.05, 0.1) is 11.6 Å². The highest BCUT2D eigenvalue weighted by molar-refractivity contribution is 7.89. The van der Waals surface area contributed by atoms with Gasteiger partial charge in [0.25, 0.3) is 15.9 Å². The largest absolute Gasteiger partial charge is 0.438 e. The van der Waals surface area contributed by atoms with Gasteiger partial charge in [0.2, 0.25) is 5.09 Å². The highest BCUT2D eigenvalue weighted by Gasteiger charge is 2.19. The number of nitrogens with zero attached hydrogens (tertiary/aromatic N) is 1. The van der Waals surface area contributed by atoms with Crippen LogP contribution >= 0.6 is 0 Å². The molecule has 21 heavy (non-hydrogen) atoms. The second-order valence-electron chi connectivity index (χ2n) is 3.97. The summed E-state index contributed by atoms with van der Waals surface area (Å²) in [7, 11) is -2.49. The Balaban J connectivity index is 2.20. The molecule has 0 unspecified atom stereocenters. The topological polar surface area (TPSA) is 112 Å². The molecule has 2 aromatic rings. The minimum atomic E-state index is -3.73. The molecule has 0 saturated carbocycles. The van der Waals surface area contributed by atoms with Crippen LogP contribution in [0.15, 0.2) is 45.9 Å². The van der Waals surface area contributed by atoms with Crippen LogP contribution in [0.1, 0.15) is 16.1 Å². The third-order valence-corrected chi connectivity index (χ3v) is 3.87. The molecule has 8 heteroatoms. The van der Waals surface area contributed by atoms with Crippen LogP contribution in [0.5, 0.6) is 0 Å². The van der Waals surface area contributed by atoms with Gasteiger partial charge in [-0.15, -0.1) is 0 Å². The lowest BCUT2D eigenvalue weighted by molar-refractivity contribution is 0.0991. The minimum Gasteiger partial charge on any atom is -0.438 e. The highest BCUT2D eigenvalue weighted by Crippen LogP contribution is 2.16. The molecular formula is C13H11N3O4S. The third kappa shape index (κ3) is 3.28. The molecule has 0 spiro atoms. The summed E-state index contributed by atoms with van der Waals surface area (Å²) in [6, 6.07) is 10.7. The molecule has 0 bridgehead atoms. The zero-order valence-electron chi connectivity index (χ0n) is 11.0. The van der Waals surface area contributed by atoms with Gasteiger partial charge in [0.15, 0.2) is 5.76 Å². The molecule has 2 rings (SSSR count). The zero-order valence-corrected chi connectivity index (χ0v) is 11.8. The summed E-state index contributed by atoms with van der Waals surface area (Å²) in [5, 5.41) is 10.9. The van der Waals surface area contributed by atoms with E-state index in [1.165, 1.54) is 25.2 Å². The fourth-order valence-electron chi connectivity index (χ4n) is 1.55. The Labute approximate surface area is 121 Å². The number of hydrogen-bond acceptors (Lipinski definition) is 5. The van der Waals surface area contributed by atoms with E-state index in [0.717, 1.165) is 0 Å². The maximum absolute atomic E-state index is 11.9. The average molecular weight is 305 g/mol. The first-order valence-electron chi connectivity index (χ1n) is 5.81. The van der Waals surface area contributed by atoms with Gasteiger partial charge >= 0.3 is 0 Å². The molecule has 0 aliphatic carbocycles. The van der Waals surface area contributed by atoms with Gasteiger partial charge in [-0.05, 0) is 37.4 Å². The monoisotopic (exact) mass is 305 g/mol. The molecule has 0 atom stereocenters. The van der Waals surface area contributed by atoms with Crippen molar-refractivity contribution in [1.82, 2.24) is 4.72 Å². The molecule has 0 radical (unpaired) electrons. The summed E-state index contributed by atoms with van der Waals surface area (Å²) in [4.78, 5) is 11.9. The molecule has 0 aliphatic rings. The Morgan fingerprint density at radius 3 is 2.71 bits per heavy atom. The summed E-state index contributed by atoms with van der Waals surface area (Å²) in [6.07, 6.45) is 0. The van der Waals surface area contributed by atoms with E-state index < -0.39 is 15.9 Å². The van der Waals surface area contributed by atoms with E-state index in [1.54, 1.807) is 18.2 Å². The fraction of sp³-hybridized carbons (Fsp3) is 0.0769. The van der Waals surface area contributed by atoms with Gasteiger partial charge in [-0.2, -0.15) is 5.26 Å². The van der Waals surface area contributed by atoms with E-state index in [9.17, 15) is 13.2 Å². The molecular weight excluding hydrogens is 294 g/mol. The summed E-state index contributed by atoms with van der Waals surface area (Å²) in [5.41, 5.74) is 0.805. The van der Waals surface area contributed by atoms with Crippen molar-refractivity contribution in [2.24, 2.45) is 0 Å². The smallest absolute Gasteiger partial charge is 0.291 e. The van der Waals surface area contributed by atoms with E-state index in [1.807, 2.05) is 6.07 Å². The van der Waals surface area contributed by atoms with Crippen molar-refractivity contribution < 1.29 is 17.6 Å². The molecule has 1 amide bonds. The number of nitriles is 1. The molecule has 1 aromatic heterocycles. The quantitative estimate of drug-likeness (QED) is 0.884. The number of rotatable bonds is 4. The van der Waals surface area contributed by atoms with Gasteiger partial charge in [-0.25, -0.2) is 13.1 Å². The average Bonchev–Trinajstić information content (AvgIpc) is 2.98. The van der Waals surface area contributed by atoms with E-state index in [2.05, 4.69) is 10.0 Å². The van der Waals surface area contributed by atoms with Crippen LogP contribution in [0, 0.1) is 11.3 Å². The van der Waals surface area contributed by atoms with Crippen LogP contribution in [-0.2, 0) is 10.0 Å². The van der Waals surface area contributed by atoms with Crippen molar-refractivity contribution >= 4 is 21.6 Å². The van der Waals surface area contributed by atoms with Gasteiger partial charge in [0.1, 0.15) is 0 Å². The Kier molecular flexibility index (Phi) is 4.07. The molecule has 2 N–H and O–H groups in total. The molecule has 0 aliphatic heterocycles. The molecule has 0 saturated heterocycles. The van der Waals surface area contributed by atoms with Crippen LogP contribution in [-0.4, -0.2) is 21.4 Å². The van der Waals surface area contributed by atoms with E-state index >= 15 is 0 Å². The Morgan fingerprint density at radius 1 is 1.29 bits per heavy atom. The lowest BCUT2D eigenvalue weighted by Gasteiger charge is -2.03. The fourth-order valence-corrected chi connectivity index (χ4v) is 2.19. The summed E-state index contributed by atoms with van der Waals surface area (Å²) < 4.78 is 30.1. The molecule has 108 valence electrons. The highest BCUT2D eigenvalue weighted by atomic mass is 32.2. The SMILES string of the molecule is CNS(=O)(=O)c1ccc(C(=O)Nc2cccc(C#N)c2)o1. The van der Waals surface area contributed by atoms with Crippen LogP contribution in [0.3, 0.4) is 0 Å². The number of carbonyl (C=O) groups is 1. The number of benzene rings is 1. The number of amides is 1. The van der Waals surface area contributed by atoms with Crippen molar-refractivity contribution in [2.75, 3.05) is 12.4 Å². The van der Waals surface area contributed by atoms with Gasteiger partial charge < -0.3 is 9.73 Å². The van der Waals surface area contributed by atoms with Crippen LogP contribution in [0.4, 0.5) is 5.69 Å². The first-order valence-corrected chi connectivity index (χ1v) is 7.29. The second-order valence-corrected chi connectivity index (χ2v) is 5.79. The molecule has 7 nitrogen and oxygen atoms in total. The minimum absolute atomic E-state index is 0.147. The standard InChI is InChI=1S/C13H11N3O4S/c1-15-21(18,19)12-6-5-11(20-12)13(17)16-10-4-2-3-9(7-10)8-14/h2-7,15H,1H3,(H,16,17). The number of hydrogen-bond donors (Lipinski definition) is 2. The molecule has 1 heterocycles. The maximum atomic E-state index is 11.9.